The number of aryl methyl sites for hydroxylation is 1. The van der Waals surface area contributed by atoms with Crippen molar-refractivity contribution in [2.24, 2.45) is 11.7 Å². The van der Waals surface area contributed by atoms with E-state index in [9.17, 15) is 13.2 Å². The summed E-state index contributed by atoms with van der Waals surface area (Å²) in [6.45, 7) is 2.29. The summed E-state index contributed by atoms with van der Waals surface area (Å²) in [6, 6.07) is 2.98. The molecule has 7 nitrogen and oxygen atoms in total. The fourth-order valence-electron chi connectivity index (χ4n) is 3.65. The third-order valence-corrected chi connectivity index (χ3v) is 6.44. The highest BCUT2D eigenvalue weighted by molar-refractivity contribution is 7.87. The third-order valence-electron chi connectivity index (χ3n) is 4.78. The molecule has 3 atom stereocenters. The number of primary amides is 1. The summed E-state index contributed by atoms with van der Waals surface area (Å²) in [5.41, 5.74) is 5.38. The van der Waals surface area contributed by atoms with Gasteiger partial charge in [-0.1, -0.05) is 6.42 Å². The minimum atomic E-state index is -3.68. The van der Waals surface area contributed by atoms with Crippen molar-refractivity contribution in [2.75, 3.05) is 6.54 Å². The largest absolute Gasteiger partial charge is 0.465 e. The maximum Gasteiger partial charge on any atom is 0.280 e. The normalized spacial score (nSPS) is 29.2. The first-order valence-electron chi connectivity index (χ1n) is 8.03. The van der Waals surface area contributed by atoms with E-state index in [1.54, 1.807) is 0 Å². The Hall–Kier alpha value is -1.38. The van der Waals surface area contributed by atoms with Gasteiger partial charge < -0.3 is 10.2 Å². The van der Waals surface area contributed by atoms with Gasteiger partial charge in [0.1, 0.15) is 11.5 Å². The summed E-state index contributed by atoms with van der Waals surface area (Å²) >= 11 is 0. The van der Waals surface area contributed by atoms with E-state index in [0.29, 0.717) is 25.1 Å². The first kappa shape index (κ1) is 16.5. The molecule has 128 valence electrons. The van der Waals surface area contributed by atoms with Crippen molar-refractivity contribution in [3.05, 3.63) is 23.7 Å². The second kappa shape index (κ2) is 6.26. The Morgan fingerprint density at radius 2 is 2.09 bits per heavy atom. The number of hydrogen-bond acceptors (Lipinski definition) is 4. The molecule has 0 unspecified atom stereocenters. The zero-order valence-electron chi connectivity index (χ0n) is 13.2. The zero-order chi connectivity index (χ0) is 16.6. The van der Waals surface area contributed by atoms with Crippen LogP contribution in [0.5, 0.6) is 0 Å². The van der Waals surface area contributed by atoms with Crippen molar-refractivity contribution >= 4 is 16.1 Å². The van der Waals surface area contributed by atoms with Gasteiger partial charge in [0.25, 0.3) is 10.2 Å². The zero-order valence-corrected chi connectivity index (χ0v) is 14.0. The molecule has 2 aliphatic rings. The quantitative estimate of drug-likeness (QED) is 0.839. The molecule has 0 spiro atoms. The van der Waals surface area contributed by atoms with E-state index in [-0.39, 0.29) is 6.04 Å². The van der Waals surface area contributed by atoms with Crippen LogP contribution in [0, 0.1) is 12.8 Å². The molecule has 1 aromatic rings. The summed E-state index contributed by atoms with van der Waals surface area (Å²) in [4.78, 5) is 11.5. The van der Waals surface area contributed by atoms with Crippen molar-refractivity contribution in [1.82, 2.24) is 9.03 Å². The minimum absolute atomic E-state index is 0.283. The molecule has 3 N–H and O–H groups in total. The maximum atomic E-state index is 12.8. The molecule has 2 fully saturated rings. The van der Waals surface area contributed by atoms with Gasteiger partial charge in [-0.2, -0.15) is 17.4 Å². The molecule has 8 heteroatoms. The number of nitrogens with two attached hydrogens (primary N) is 1. The van der Waals surface area contributed by atoms with Crippen molar-refractivity contribution in [2.45, 2.75) is 51.1 Å². The molecule has 1 aromatic heterocycles. The van der Waals surface area contributed by atoms with Crippen molar-refractivity contribution in [1.29, 1.82) is 0 Å². The van der Waals surface area contributed by atoms with Gasteiger partial charge in [-0.15, -0.1) is 0 Å². The lowest BCUT2D eigenvalue weighted by Crippen LogP contribution is -2.48. The number of carbonyl (C=O) groups excluding carboxylic acids is 1. The molecule has 2 heterocycles. The van der Waals surface area contributed by atoms with Crippen LogP contribution in [0.2, 0.25) is 0 Å². The highest BCUT2D eigenvalue weighted by Gasteiger charge is 2.41. The molecule has 1 saturated carbocycles. The second-order valence-electron chi connectivity index (χ2n) is 6.39. The first-order chi connectivity index (χ1) is 10.9. The van der Waals surface area contributed by atoms with Gasteiger partial charge in [0.15, 0.2) is 0 Å². The lowest BCUT2D eigenvalue weighted by atomic mass is 10.0. The molecule has 1 aliphatic heterocycles. The van der Waals surface area contributed by atoms with Gasteiger partial charge in [0.2, 0.25) is 5.91 Å². The van der Waals surface area contributed by atoms with Crippen LogP contribution in [0.25, 0.3) is 0 Å². The van der Waals surface area contributed by atoms with E-state index < -0.39 is 28.1 Å². The summed E-state index contributed by atoms with van der Waals surface area (Å²) < 4.78 is 35.3. The number of nitrogens with zero attached hydrogens (tertiary/aromatic N) is 1. The van der Waals surface area contributed by atoms with E-state index in [4.69, 9.17) is 10.2 Å². The monoisotopic (exact) mass is 341 g/mol. The second-order valence-corrected chi connectivity index (χ2v) is 8.04. The molecule has 0 bridgehead atoms. The van der Waals surface area contributed by atoms with E-state index in [1.807, 2.05) is 19.1 Å². The summed E-state index contributed by atoms with van der Waals surface area (Å²) in [5, 5.41) is 0. The van der Waals surface area contributed by atoms with Gasteiger partial charge in [-0.3, -0.25) is 4.79 Å². The summed E-state index contributed by atoms with van der Waals surface area (Å²) in [5.74, 6) is 0.580. The lowest BCUT2D eigenvalue weighted by Gasteiger charge is -2.26. The van der Waals surface area contributed by atoms with E-state index >= 15 is 0 Å². The Bertz CT molecular complexity index is 685. The highest BCUT2D eigenvalue weighted by atomic mass is 32.2. The predicted molar refractivity (Wildman–Crippen MR) is 84.5 cm³/mol. The maximum absolute atomic E-state index is 12.8. The molecule has 0 aromatic carbocycles. The van der Waals surface area contributed by atoms with Crippen molar-refractivity contribution in [3.8, 4) is 0 Å². The predicted octanol–water partition coefficient (Wildman–Crippen LogP) is 1.21. The van der Waals surface area contributed by atoms with Gasteiger partial charge in [0.05, 0.1) is 12.0 Å². The van der Waals surface area contributed by atoms with Crippen molar-refractivity contribution < 1.29 is 17.6 Å². The number of furan rings is 1. The van der Waals surface area contributed by atoms with Crippen LogP contribution < -0.4 is 10.5 Å². The minimum Gasteiger partial charge on any atom is -0.465 e. The van der Waals surface area contributed by atoms with Crippen LogP contribution in [0.15, 0.2) is 16.5 Å². The van der Waals surface area contributed by atoms with Crippen LogP contribution in [-0.4, -0.2) is 31.2 Å². The number of amides is 1. The molecular weight excluding hydrogens is 318 g/mol. The fourth-order valence-corrected chi connectivity index (χ4v) is 5.36. The molecular formula is C15H23N3O4S. The molecule has 1 amide bonds. The lowest BCUT2D eigenvalue weighted by molar-refractivity contribution is -0.122. The number of carbonyl (C=O) groups is 1. The first-order valence-corrected chi connectivity index (χ1v) is 9.47. The Morgan fingerprint density at radius 3 is 2.74 bits per heavy atom. The Labute approximate surface area is 136 Å². The topological polar surface area (TPSA) is 106 Å². The van der Waals surface area contributed by atoms with Gasteiger partial charge >= 0.3 is 0 Å². The van der Waals surface area contributed by atoms with E-state index in [2.05, 4.69) is 4.72 Å². The van der Waals surface area contributed by atoms with Crippen LogP contribution >= 0.6 is 0 Å². The summed E-state index contributed by atoms with van der Waals surface area (Å²) in [7, 11) is -3.68. The van der Waals surface area contributed by atoms with Gasteiger partial charge in [-0.25, -0.2) is 0 Å². The number of hydrogen-bond donors (Lipinski definition) is 2. The van der Waals surface area contributed by atoms with Gasteiger partial charge in [0, 0.05) is 12.6 Å². The van der Waals surface area contributed by atoms with Crippen LogP contribution in [0.4, 0.5) is 0 Å². The highest BCUT2D eigenvalue weighted by Crippen LogP contribution is 2.35. The van der Waals surface area contributed by atoms with Crippen LogP contribution in [-0.2, 0) is 15.0 Å². The molecule has 0 radical (unpaired) electrons. The molecule has 1 saturated heterocycles. The van der Waals surface area contributed by atoms with E-state index in [0.717, 1.165) is 25.0 Å². The Balaban J connectivity index is 1.77. The molecule has 1 aliphatic carbocycles. The van der Waals surface area contributed by atoms with Crippen molar-refractivity contribution in [3.63, 3.8) is 0 Å². The smallest absolute Gasteiger partial charge is 0.280 e. The van der Waals surface area contributed by atoms with Gasteiger partial charge in [-0.05, 0) is 44.7 Å². The molecule has 3 rings (SSSR count). The average Bonchev–Trinajstić information content (AvgIpc) is 3.16. The van der Waals surface area contributed by atoms with Crippen LogP contribution in [0.3, 0.4) is 0 Å². The third kappa shape index (κ3) is 3.29. The summed E-state index contributed by atoms with van der Waals surface area (Å²) in [6.07, 6.45) is 3.61. The Morgan fingerprint density at radius 1 is 1.30 bits per heavy atom. The van der Waals surface area contributed by atoms with E-state index in [1.165, 1.54) is 4.31 Å². The standard InChI is InChI=1S/C15H23N3O4S/c1-10-7-8-14(22-10)13-6-3-9-18(13)23(20,21)17-12-5-2-4-11(12)15(16)19/h7-8,11-13,17H,2-6,9H2,1H3,(H2,16,19)/t11-,12-,13+/m1/s1. The molecule has 23 heavy (non-hydrogen) atoms. The Kier molecular flexibility index (Phi) is 4.48. The number of nitrogens with one attached hydrogen (secondary N) is 1. The SMILES string of the molecule is Cc1ccc([C@@H]2CCCN2S(=O)(=O)N[C@@H]2CCC[C@H]2C(N)=O)o1. The van der Waals surface area contributed by atoms with Crippen LogP contribution in [0.1, 0.15) is 49.7 Å². The number of rotatable bonds is 5. The average molecular weight is 341 g/mol. The fraction of sp³-hybridized carbons (Fsp3) is 0.667.